The number of fused-ring (bicyclic) bond motifs is 4. The first kappa shape index (κ1) is 19.1. The van der Waals surface area contributed by atoms with Gasteiger partial charge in [-0.3, -0.25) is 4.79 Å². The van der Waals surface area contributed by atoms with Crippen molar-refractivity contribution in [3.8, 4) is 11.5 Å². The Kier molecular flexibility index (Phi) is 4.31. The van der Waals surface area contributed by atoms with Crippen molar-refractivity contribution in [2.24, 2.45) is 0 Å². The first-order valence-electron chi connectivity index (χ1n) is 9.78. The van der Waals surface area contributed by atoms with Crippen molar-refractivity contribution in [2.75, 3.05) is 18.5 Å². The van der Waals surface area contributed by atoms with Crippen molar-refractivity contribution in [1.29, 1.82) is 0 Å². The van der Waals surface area contributed by atoms with Crippen LogP contribution in [-0.2, 0) is 28.5 Å². The van der Waals surface area contributed by atoms with E-state index in [1.165, 1.54) is 0 Å². The molecule has 0 radical (unpaired) electrons. The van der Waals surface area contributed by atoms with E-state index in [1.54, 1.807) is 45.9 Å². The van der Waals surface area contributed by atoms with E-state index in [1.807, 2.05) is 0 Å². The first-order chi connectivity index (χ1) is 13.7. The quantitative estimate of drug-likeness (QED) is 0.793. The number of anilines is 1. The average molecular weight is 407 g/mol. The molecule has 3 saturated heterocycles. The predicted molar refractivity (Wildman–Crippen MR) is 98.6 cm³/mol. The van der Waals surface area contributed by atoms with Crippen LogP contribution in [0, 0.1) is 0 Å². The van der Waals surface area contributed by atoms with Crippen LogP contribution in [0.4, 0.5) is 5.69 Å². The molecular formula is C20H25NO8. The highest BCUT2D eigenvalue weighted by Gasteiger charge is 2.62. The van der Waals surface area contributed by atoms with Gasteiger partial charge < -0.3 is 38.5 Å². The molecule has 0 aromatic heterocycles. The van der Waals surface area contributed by atoms with E-state index in [-0.39, 0.29) is 5.91 Å². The van der Waals surface area contributed by atoms with Crippen LogP contribution in [0.3, 0.4) is 0 Å². The Balaban J connectivity index is 1.37. The Morgan fingerprint density at radius 2 is 1.55 bits per heavy atom. The summed E-state index contributed by atoms with van der Waals surface area (Å²) in [6.07, 6.45) is -3.23. The van der Waals surface area contributed by atoms with Gasteiger partial charge in [0.05, 0.1) is 0 Å². The summed E-state index contributed by atoms with van der Waals surface area (Å²) in [4.78, 5) is 13.1. The van der Waals surface area contributed by atoms with Crippen molar-refractivity contribution in [3.63, 3.8) is 0 Å². The summed E-state index contributed by atoms with van der Waals surface area (Å²) in [5, 5.41) is 2.87. The maximum Gasteiger partial charge on any atom is 0.256 e. The van der Waals surface area contributed by atoms with Gasteiger partial charge in [0.15, 0.2) is 35.5 Å². The molecule has 9 heteroatoms. The zero-order valence-electron chi connectivity index (χ0n) is 16.8. The van der Waals surface area contributed by atoms with Gasteiger partial charge in [-0.15, -0.1) is 0 Å². The standard InChI is InChI=1S/C20H25NO8/c1-19(2)26-13-14(27-19)16-18(29-20(3,4)28-16)25-15(13)17(22)21-10-5-6-11-12(9-10)24-8-7-23-11/h5-6,9,13-16,18H,7-8H2,1-4H3,(H,21,22)/t13-,14+,15+,16+,18-/m0/s1. The highest BCUT2D eigenvalue weighted by Crippen LogP contribution is 2.44. The second-order valence-electron chi connectivity index (χ2n) is 8.44. The van der Waals surface area contributed by atoms with E-state index in [4.69, 9.17) is 33.2 Å². The molecule has 0 aliphatic carbocycles. The molecule has 1 aromatic rings. The molecule has 4 heterocycles. The number of rotatable bonds is 2. The van der Waals surface area contributed by atoms with Crippen molar-refractivity contribution in [1.82, 2.24) is 0 Å². The van der Waals surface area contributed by atoms with Gasteiger partial charge in [0.25, 0.3) is 5.91 Å². The molecule has 0 bridgehead atoms. The Hall–Kier alpha value is -1.91. The van der Waals surface area contributed by atoms with E-state index in [0.29, 0.717) is 30.4 Å². The largest absolute Gasteiger partial charge is 0.486 e. The van der Waals surface area contributed by atoms with Crippen LogP contribution in [-0.4, -0.2) is 61.4 Å². The average Bonchev–Trinajstić information content (AvgIpc) is 3.14. The lowest BCUT2D eigenvalue weighted by atomic mass is 9.98. The van der Waals surface area contributed by atoms with E-state index in [9.17, 15) is 4.79 Å². The number of nitrogens with one attached hydrogen (secondary N) is 1. The maximum absolute atomic E-state index is 13.1. The van der Waals surface area contributed by atoms with Crippen LogP contribution < -0.4 is 14.8 Å². The summed E-state index contributed by atoms with van der Waals surface area (Å²) in [6.45, 7) is 8.18. The van der Waals surface area contributed by atoms with Gasteiger partial charge >= 0.3 is 0 Å². The molecule has 9 nitrogen and oxygen atoms in total. The van der Waals surface area contributed by atoms with Crippen LogP contribution in [0.1, 0.15) is 27.7 Å². The highest BCUT2D eigenvalue weighted by atomic mass is 16.9. The van der Waals surface area contributed by atoms with E-state index in [0.717, 1.165) is 0 Å². The SMILES string of the molecule is CC1(C)O[C@@H]2O[C@@H](C(=O)Nc3ccc4c(c3)OCCO4)[C@H]3OC(C)(C)O[C@H]3[C@H]2O1. The summed E-state index contributed by atoms with van der Waals surface area (Å²) in [5.74, 6) is -0.813. The highest BCUT2D eigenvalue weighted by molar-refractivity contribution is 5.95. The van der Waals surface area contributed by atoms with Crippen molar-refractivity contribution < 1.29 is 38.0 Å². The number of hydrogen-bond acceptors (Lipinski definition) is 8. The fourth-order valence-electron chi connectivity index (χ4n) is 4.16. The lowest BCUT2D eigenvalue weighted by molar-refractivity contribution is -0.229. The van der Waals surface area contributed by atoms with Gasteiger partial charge in [-0.25, -0.2) is 0 Å². The van der Waals surface area contributed by atoms with Gasteiger partial charge in [0.2, 0.25) is 0 Å². The number of hydrogen-bond donors (Lipinski definition) is 1. The summed E-state index contributed by atoms with van der Waals surface area (Å²) in [7, 11) is 0. The fraction of sp³-hybridized carbons (Fsp3) is 0.650. The molecule has 5 rings (SSSR count). The molecule has 0 spiro atoms. The summed E-state index contributed by atoms with van der Waals surface area (Å²) >= 11 is 0. The molecule has 4 aliphatic heterocycles. The van der Waals surface area contributed by atoms with Gasteiger partial charge in [0.1, 0.15) is 31.5 Å². The molecule has 3 fully saturated rings. The van der Waals surface area contributed by atoms with Crippen molar-refractivity contribution >= 4 is 11.6 Å². The summed E-state index contributed by atoms with van der Waals surface area (Å²) < 4.78 is 40.9. The molecule has 0 saturated carbocycles. The molecule has 158 valence electrons. The van der Waals surface area contributed by atoms with Crippen LogP contribution in [0.25, 0.3) is 0 Å². The lowest BCUT2D eigenvalue weighted by Gasteiger charge is -2.36. The summed E-state index contributed by atoms with van der Waals surface area (Å²) in [5.41, 5.74) is 0.573. The minimum absolute atomic E-state index is 0.357. The van der Waals surface area contributed by atoms with Gasteiger partial charge in [-0.1, -0.05) is 0 Å². The van der Waals surface area contributed by atoms with E-state index < -0.39 is 42.3 Å². The Morgan fingerprint density at radius 1 is 0.897 bits per heavy atom. The van der Waals surface area contributed by atoms with Crippen molar-refractivity contribution in [2.45, 2.75) is 70.0 Å². The number of ether oxygens (including phenoxy) is 7. The molecule has 4 aliphatic rings. The van der Waals surface area contributed by atoms with Crippen LogP contribution in [0.5, 0.6) is 11.5 Å². The Bertz CT molecular complexity index is 825. The predicted octanol–water partition coefficient (Wildman–Crippen LogP) is 1.79. The number of amides is 1. The maximum atomic E-state index is 13.1. The zero-order valence-corrected chi connectivity index (χ0v) is 16.8. The third-order valence-electron chi connectivity index (χ3n) is 5.22. The molecule has 0 unspecified atom stereocenters. The van der Waals surface area contributed by atoms with Gasteiger partial charge in [0, 0.05) is 11.8 Å². The van der Waals surface area contributed by atoms with Gasteiger partial charge in [-0.05, 0) is 39.8 Å². The Morgan fingerprint density at radius 3 is 2.34 bits per heavy atom. The molecule has 1 N–H and O–H groups in total. The van der Waals surface area contributed by atoms with Crippen LogP contribution in [0.15, 0.2) is 18.2 Å². The first-order valence-corrected chi connectivity index (χ1v) is 9.78. The topological polar surface area (TPSA) is 93.7 Å². The fourth-order valence-corrected chi connectivity index (χ4v) is 4.16. The van der Waals surface area contributed by atoms with E-state index >= 15 is 0 Å². The minimum atomic E-state index is -0.922. The molecule has 1 aromatic carbocycles. The zero-order chi connectivity index (χ0) is 20.4. The lowest BCUT2D eigenvalue weighted by Crippen LogP contribution is -2.58. The molecule has 1 amide bonds. The van der Waals surface area contributed by atoms with E-state index in [2.05, 4.69) is 5.32 Å². The second-order valence-corrected chi connectivity index (χ2v) is 8.44. The molecule has 5 atom stereocenters. The normalized spacial score (nSPS) is 36.2. The molecule has 29 heavy (non-hydrogen) atoms. The van der Waals surface area contributed by atoms with Crippen LogP contribution >= 0.6 is 0 Å². The second kappa shape index (κ2) is 6.55. The summed E-state index contributed by atoms with van der Waals surface area (Å²) in [6, 6.07) is 5.24. The van der Waals surface area contributed by atoms with Gasteiger partial charge in [-0.2, -0.15) is 0 Å². The number of carbonyl (C=O) groups is 1. The van der Waals surface area contributed by atoms with Crippen molar-refractivity contribution in [3.05, 3.63) is 18.2 Å². The number of benzene rings is 1. The Labute approximate surface area is 168 Å². The minimum Gasteiger partial charge on any atom is -0.486 e. The third kappa shape index (κ3) is 3.47. The molecular weight excluding hydrogens is 382 g/mol. The van der Waals surface area contributed by atoms with Crippen LogP contribution in [0.2, 0.25) is 0 Å². The smallest absolute Gasteiger partial charge is 0.256 e. The number of carbonyl (C=O) groups excluding carboxylic acids is 1. The monoisotopic (exact) mass is 407 g/mol. The third-order valence-corrected chi connectivity index (χ3v) is 5.22.